The third-order valence-corrected chi connectivity index (χ3v) is 5.74. The van der Waals surface area contributed by atoms with Crippen LogP contribution in [0.25, 0.3) is 0 Å². The van der Waals surface area contributed by atoms with E-state index in [4.69, 9.17) is 13.8 Å². The molecule has 0 aliphatic carbocycles. The van der Waals surface area contributed by atoms with Crippen LogP contribution in [0.3, 0.4) is 0 Å². The highest BCUT2D eigenvalue weighted by Crippen LogP contribution is 2.60. The molecular weight excluding hydrogens is 325 g/mol. The maximum Gasteiger partial charge on any atom is 0.357 e. The summed E-state index contributed by atoms with van der Waals surface area (Å²) in [5.74, 6) is 0.130. The normalized spacial score (nSPS) is 12.6. The van der Waals surface area contributed by atoms with E-state index in [1.807, 2.05) is 54.6 Å². The molecule has 0 fully saturated rings. The minimum atomic E-state index is -3.39. The van der Waals surface area contributed by atoms with E-state index in [0.717, 1.165) is 17.0 Å². The zero-order valence-electron chi connectivity index (χ0n) is 14.3. The summed E-state index contributed by atoms with van der Waals surface area (Å²) in [7, 11) is -1.78. The van der Waals surface area contributed by atoms with Crippen molar-refractivity contribution in [3.05, 3.63) is 60.2 Å². The highest BCUT2D eigenvalue weighted by atomic mass is 31.2. The number of methoxy groups -OCH3 is 1. The molecule has 0 aliphatic heterocycles. The lowest BCUT2D eigenvalue weighted by Gasteiger charge is -2.28. The smallest absolute Gasteiger partial charge is 0.357 e. The zero-order valence-corrected chi connectivity index (χ0v) is 15.2. The molecule has 0 aromatic heterocycles. The van der Waals surface area contributed by atoms with Crippen molar-refractivity contribution in [2.75, 3.05) is 25.6 Å². The second-order valence-corrected chi connectivity index (χ2v) is 7.17. The Morgan fingerprint density at radius 1 is 0.958 bits per heavy atom. The molecule has 0 heterocycles. The Hall–Kier alpha value is -1.81. The first kappa shape index (κ1) is 18.5. The number of ether oxygens (including phenoxy) is 1. The number of nitrogens with one attached hydrogen (secondary N) is 1. The topological polar surface area (TPSA) is 56.8 Å². The first-order valence-corrected chi connectivity index (χ1v) is 9.58. The molecule has 1 atom stereocenters. The van der Waals surface area contributed by atoms with Crippen LogP contribution in [0.5, 0.6) is 5.75 Å². The summed E-state index contributed by atoms with van der Waals surface area (Å²) in [6, 6.07) is 17.0. The van der Waals surface area contributed by atoms with Crippen molar-refractivity contribution in [3.8, 4) is 5.75 Å². The number of anilines is 1. The van der Waals surface area contributed by atoms with E-state index in [2.05, 4.69) is 5.32 Å². The number of rotatable bonds is 9. The lowest BCUT2D eigenvalue weighted by molar-refractivity contribution is 0.214. The van der Waals surface area contributed by atoms with E-state index in [-0.39, 0.29) is 0 Å². The monoisotopic (exact) mass is 349 g/mol. The number of para-hydroxylation sites is 1. The second kappa shape index (κ2) is 8.88. The fraction of sp³-hybridized carbons (Fsp3) is 0.333. The van der Waals surface area contributed by atoms with Crippen LogP contribution in [0.15, 0.2) is 54.6 Å². The Morgan fingerprint density at radius 3 is 2.04 bits per heavy atom. The standard InChI is InChI=1S/C18H24NO4P/c1-4-22-24(20,23-5-2)18(19-16-9-7-6-8-10-16)15-11-13-17(21-3)14-12-15/h6-14,18-19H,4-5H2,1-3H3. The molecule has 0 saturated heterocycles. The van der Waals surface area contributed by atoms with Gasteiger partial charge >= 0.3 is 7.60 Å². The van der Waals surface area contributed by atoms with E-state index in [1.54, 1.807) is 21.0 Å². The lowest BCUT2D eigenvalue weighted by atomic mass is 10.2. The Bertz CT molecular complexity index is 650. The number of benzene rings is 2. The van der Waals surface area contributed by atoms with Gasteiger partial charge in [-0.15, -0.1) is 0 Å². The van der Waals surface area contributed by atoms with Crippen LogP contribution in [-0.2, 0) is 13.6 Å². The van der Waals surface area contributed by atoms with Gasteiger partial charge in [0.15, 0.2) is 5.78 Å². The van der Waals surface area contributed by atoms with Crippen LogP contribution >= 0.6 is 7.60 Å². The minimum Gasteiger partial charge on any atom is -0.497 e. The first-order valence-electron chi connectivity index (χ1n) is 7.97. The Morgan fingerprint density at radius 2 is 1.54 bits per heavy atom. The molecule has 130 valence electrons. The van der Waals surface area contributed by atoms with Crippen molar-refractivity contribution in [1.82, 2.24) is 0 Å². The summed E-state index contributed by atoms with van der Waals surface area (Å²) in [6.07, 6.45) is 0. The molecule has 6 heteroatoms. The fourth-order valence-corrected chi connectivity index (χ4v) is 4.31. The Kier molecular flexibility index (Phi) is 6.85. The summed E-state index contributed by atoms with van der Waals surface area (Å²) in [5.41, 5.74) is 1.66. The van der Waals surface area contributed by atoms with Gasteiger partial charge in [0.05, 0.1) is 20.3 Å². The maximum atomic E-state index is 13.3. The summed E-state index contributed by atoms with van der Waals surface area (Å²) in [4.78, 5) is 0. The van der Waals surface area contributed by atoms with Crippen LogP contribution in [0, 0.1) is 0 Å². The Labute approximate surface area is 143 Å². The van der Waals surface area contributed by atoms with Gasteiger partial charge in [-0.3, -0.25) is 4.57 Å². The third kappa shape index (κ3) is 4.60. The molecule has 24 heavy (non-hydrogen) atoms. The molecular formula is C18H24NO4P. The van der Waals surface area contributed by atoms with Crippen LogP contribution in [-0.4, -0.2) is 20.3 Å². The predicted octanol–water partition coefficient (Wildman–Crippen LogP) is 5.07. The van der Waals surface area contributed by atoms with Gasteiger partial charge in [-0.25, -0.2) is 0 Å². The molecule has 1 N–H and O–H groups in total. The SMILES string of the molecule is CCOP(=O)(OCC)C(Nc1ccccc1)c1ccc(OC)cc1. The summed E-state index contributed by atoms with van der Waals surface area (Å²) in [5, 5.41) is 3.29. The van der Waals surface area contributed by atoms with Crippen LogP contribution in [0.1, 0.15) is 25.2 Å². The van der Waals surface area contributed by atoms with Crippen molar-refractivity contribution >= 4 is 13.3 Å². The van der Waals surface area contributed by atoms with Gasteiger partial charge in [-0.2, -0.15) is 0 Å². The zero-order chi connectivity index (χ0) is 17.4. The average Bonchev–Trinajstić information content (AvgIpc) is 2.61. The maximum absolute atomic E-state index is 13.3. The average molecular weight is 349 g/mol. The van der Waals surface area contributed by atoms with Gasteiger partial charge in [0.25, 0.3) is 0 Å². The van der Waals surface area contributed by atoms with E-state index >= 15 is 0 Å². The van der Waals surface area contributed by atoms with Gasteiger partial charge in [-0.05, 0) is 43.7 Å². The molecule has 2 aromatic carbocycles. The van der Waals surface area contributed by atoms with Gasteiger partial charge in [-0.1, -0.05) is 30.3 Å². The molecule has 0 amide bonds. The van der Waals surface area contributed by atoms with E-state index in [0.29, 0.717) is 13.2 Å². The highest BCUT2D eigenvalue weighted by Gasteiger charge is 2.37. The van der Waals surface area contributed by atoms with Gasteiger partial charge in [0.1, 0.15) is 5.75 Å². The number of hydrogen-bond acceptors (Lipinski definition) is 5. The van der Waals surface area contributed by atoms with E-state index < -0.39 is 13.4 Å². The van der Waals surface area contributed by atoms with Crippen molar-refractivity contribution in [1.29, 1.82) is 0 Å². The largest absolute Gasteiger partial charge is 0.497 e. The Balaban J connectivity index is 2.40. The van der Waals surface area contributed by atoms with Crippen molar-refractivity contribution in [2.24, 2.45) is 0 Å². The summed E-state index contributed by atoms with van der Waals surface area (Å²) < 4.78 is 29.6. The molecule has 5 nitrogen and oxygen atoms in total. The van der Waals surface area contributed by atoms with Crippen molar-refractivity contribution < 1.29 is 18.3 Å². The molecule has 0 aliphatic rings. The third-order valence-electron chi connectivity index (χ3n) is 3.44. The second-order valence-electron chi connectivity index (χ2n) is 5.06. The van der Waals surface area contributed by atoms with Crippen LogP contribution in [0.2, 0.25) is 0 Å². The van der Waals surface area contributed by atoms with Crippen LogP contribution < -0.4 is 10.1 Å². The summed E-state index contributed by atoms with van der Waals surface area (Å²) in [6.45, 7) is 4.22. The van der Waals surface area contributed by atoms with Gasteiger partial charge < -0.3 is 19.1 Å². The first-order chi connectivity index (χ1) is 11.6. The van der Waals surface area contributed by atoms with E-state index in [1.165, 1.54) is 0 Å². The van der Waals surface area contributed by atoms with E-state index in [9.17, 15) is 4.57 Å². The fourth-order valence-electron chi connectivity index (χ4n) is 2.37. The minimum absolute atomic E-state index is 0.306. The van der Waals surface area contributed by atoms with Gasteiger partial charge in [0, 0.05) is 5.69 Å². The van der Waals surface area contributed by atoms with Crippen molar-refractivity contribution in [2.45, 2.75) is 19.6 Å². The molecule has 0 bridgehead atoms. The highest BCUT2D eigenvalue weighted by molar-refractivity contribution is 7.54. The van der Waals surface area contributed by atoms with Gasteiger partial charge in [0.2, 0.25) is 0 Å². The molecule has 0 saturated carbocycles. The quantitative estimate of drug-likeness (QED) is 0.640. The molecule has 2 aromatic rings. The summed E-state index contributed by atoms with van der Waals surface area (Å²) >= 11 is 0. The molecule has 0 spiro atoms. The molecule has 0 radical (unpaired) electrons. The molecule has 2 rings (SSSR count). The lowest BCUT2D eigenvalue weighted by Crippen LogP contribution is -2.15. The van der Waals surface area contributed by atoms with Crippen molar-refractivity contribution in [3.63, 3.8) is 0 Å². The number of hydrogen-bond donors (Lipinski definition) is 1. The predicted molar refractivity (Wildman–Crippen MR) is 96.7 cm³/mol. The van der Waals surface area contributed by atoms with Crippen LogP contribution in [0.4, 0.5) is 5.69 Å². The molecule has 1 unspecified atom stereocenters.